The molecule has 0 spiro atoms. The summed E-state index contributed by atoms with van der Waals surface area (Å²) in [5.41, 5.74) is 1.34. The minimum Gasteiger partial charge on any atom is -0.483 e. The highest BCUT2D eigenvalue weighted by Gasteiger charge is 2.48. The molecule has 2 heterocycles. The molecule has 1 aliphatic heterocycles. The zero-order chi connectivity index (χ0) is 25.2. The summed E-state index contributed by atoms with van der Waals surface area (Å²) in [6, 6.07) is 9.88. The van der Waals surface area contributed by atoms with Crippen molar-refractivity contribution in [3.63, 3.8) is 0 Å². The first-order valence-corrected chi connectivity index (χ1v) is 11.2. The maximum absolute atomic E-state index is 14.7. The van der Waals surface area contributed by atoms with Crippen LogP contribution in [0, 0.1) is 17.2 Å². The quantitative estimate of drug-likeness (QED) is 0.544. The van der Waals surface area contributed by atoms with Crippen LogP contribution in [0.1, 0.15) is 24.8 Å². The number of alkyl halides is 2. The predicted molar refractivity (Wildman–Crippen MR) is 119 cm³/mol. The molecule has 0 unspecified atom stereocenters. The van der Waals surface area contributed by atoms with Gasteiger partial charge in [-0.25, -0.2) is 13.8 Å². The van der Waals surface area contributed by atoms with Gasteiger partial charge in [-0.3, -0.25) is 9.59 Å². The van der Waals surface area contributed by atoms with Crippen LogP contribution in [-0.2, 0) is 9.59 Å². The molecule has 0 bridgehead atoms. The van der Waals surface area contributed by atoms with E-state index in [1.54, 1.807) is 18.2 Å². The molecular weight excluding hydrogens is 462 g/mol. The topological polar surface area (TPSA) is 136 Å². The van der Waals surface area contributed by atoms with Crippen molar-refractivity contribution in [3.05, 3.63) is 42.1 Å². The van der Waals surface area contributed by atoms with Crippen LogP contribution in [0.3, 0.4) is 0 Å². The van der Waals surface area contributed by atoms with Gasteiger partial charge in [0.25, 0.3) is 5.91 Å². The molecule has 1 aliphatic carbocycles. The van der Waals surface area contributed by atoms with Crippen molar-refractivity contribution >= 4 is 17.6 Å². The summed E-state index contributed by atoms with van der Waals surface area (Å²) >= 11 is 0. The number of hydrogen-bond donors (Lipinski definition) is 3. The van der Waals surface area contributed by atoms with Crippen molar-refractivity contribution in [2.75, 3.05) is 25.0 Å². The van der Waals surface area contributed by atoms with Gasteiger partial charge in [0, 0.05) is 25.1 Å². The summed E-state index contributed by atoms with van der Waals surface area (Å²) in [7, 11) is 0. The van der Waals surface area contributed by atoms with Gasteiger partial charge in [-0.15, -0.1) is 0 Å². The Bertz CT molecular complexity index is 1160. The summed E-state index contributed by atoms with van der Waals surface area (Å²) in [6.45, 7) is -1.92. The molecule has 35 heavy (non-hydrogen) atoms. The zero-order valence-corrected chi connectivity index (χ0v) is 18.7. The predicted octanol–water partition coefficient (Wildman–Crippen LogP) is 1.94. The average molecular weight is 486 g/mol. The number of amides is 2. The fourth-order valence-corrected chi connectivity index (χ4v) is 3.85. The lowest BCUT2D eigenvalue weighted by Crippen LogP contribution is -2.57. The lowest BCUT2D eigenvalue weighted by atomic mass is 10.0. The summed E-state index contributed by atoms with van der Waals surface area (Å²) < 4.78 is 35.0. The number of likely N-dealkylation sites (tertiary alicyclic amines) is 1. The number of aromatic nitrogens is 1. The molecule has 3 N–H and O–H groups in total. The minimum atomic E-state index is -3.44. The van der Waals surface area contributed by atoms with Crippen LogP contribution in [0.25, 0.3) is 11.1 Å². The van der Waals surface area contributed by atoms with Crippen molar-refractivity contribution in [2.45, 2.75) is 37.4 Å². The number of rotatable bonds is 7. The number of halogens is 2. The number of hydrogen-bond acceptors (Lipinski definition) is 7. The number of aliphatic hydroxyl groups excluding tert-OH is 2. The van der Waals surface area contributed by atoms with E-state index in [1.165, 1.54) is 18.3 Å². The van der Waals surface area contributed by atoms with E-state index in [2.05, 4.69) is 10.3 Å². The van der Waals surface area contributed by atoms with Crippen LogP contribution in [0.2, 0.25) is 0 Å². The van der Waals surface area contributed by atoms with E-state index >= 15 is 0 Å². The lowest BCUT2D eigenvalue weighted by molar-refractivity contribution is -0.167. The van der Waals surface area contributed by atoms with Gasteiger partial charge < -0.3 is 25.2 Å². The number of ether oxygens (including phenoxy) is 1. The zero-order valence-electron chi connectivity index (χ0n) is 18.7. The molecule has 1 aromatic carbocycles. The van der Waals surface area contributed by atoms with Gasteiger partial charge in [-0.1, -0.05) is 6.07 Å². The summed E-state index contributed by atoms with van der Waals surface area (Å²) in [4.78, 5) is 28.9. The molecule has 2 aromatic rings. The third kappa shape index (κ3) is 5.55. The Labute approximate surface area is 199 Å². The highest BCUT2D eigenvalue weighted by atomic mass is 19.3. The molecule has 184 valence electrons. The number of nitrogens with one attached hydrogen (secondary N) is 1. The molecule has 2 atom stereocenters. The smallest absolute Gasteiger partial charge is 0.301 e. The molecule has 2 aliphatic rings. The van der Waals surface area contributed by atoms with Gasteiger partial charge in [0.15, 0.2) is 12.2 Å². The number of carbonyl (C=O) groups excluding carboxylic acids is 2. The molecule has 2 amide bonds. The van der Waals surface area contributed by atoms with Crippen LogP contribution in [0.5, 0.6) is 5.75 Å². The largest absolute Gasteiger partial charge is 0.483 e. The normalized spacial score (nSPS) is 20.0. The van der Waals surface area contributed by atoms with E-state index in [4.69, 9.17) is 9.84 Å². The van der Waals surface area contributed by atoms with Crippen LogP contribution >= 0.6 is 0 Å². The minimum absolute atomic E-state index is 0.0185. The van der Waals surface area contributed by atoms with Crippen molar-refractivity contribution in [1.82, 2.24) is 9.88 Å². The summed E-state index contributed by atoms with van der Waals surface area (Å²) in [5, 5.41) is 30.7. The number of carbonyl (C=O) groups is 2. The fourth-order valence-electron chi connectivity index (χ4n) is 3.85. The first kappa shape index (κ1) is 24.5. The van der Waals surface area contributed by atoms with E-state index in [0.29, 0.717) is 16.9 Å². The van der Waals surface area contributed by atoms with E-state index in [1.807, 2.05) is 6.07 Å². The number of pyridine rings is 1. The monoisotopic (exact) mass is 486 g/mol. The van der Waals surface area contributed by atoms with Gasteiger partial charge in [0.05, 0.1) is 18.7 Å². The van der Waals surface area contributed by atoms with Gasteiger partial charge in [-0.05, 0) is 48.2 Å². The van der Waals surface area contributed by atoms with Gasteiger partial charge in [-0.2, -0.15) is 5.26 Å². The van der Waals surface area contributed by atoms with Crippen molar-refractivity contribution in [3.8, 4) is 22.9 Å². The molecule has 1 saturated carbocycles. The SMILES string of the molecule is N#Cc1cc(-c2ccnc(NC(=O)C3CC3)c2)ccc1O[C@H]1CCN(C(=O)[C@@H](O)CO)CC1(F)F. The number of nitriles is 1. The molecule has 9 nitrogen and oxygen atoms in total. The van der Waals surface area contributed by atoms with Crippen LogP contribution in [0.4, 0.5) is 14.6 Å². The highest BCUT2D eigenvalue weighted by molar-refractivity contribution is 5.93. The molecule has 4 rings (SSSR count). The number of piperidine rings is 1. The lowest BCUT2D eigenvalue weighted by Gasteiger charge is -2.38. The van der Waals surface area contributed by atoms with Gasteiger partial charge >= 0.3 is 5.92 Å². The molecule has 2 fully saturated rings. The first-order chi connectivity index (χ1) is 16.7. The van der Waals surface area contributed by atoms with E-state index in [9.17, 15) is 28.7 Å². The maximum atomic E-state index is 14.7. The molecule has 0 radical (unpaired) electrons. The van der Waals surface area contributed by atoms with E-state index in [-0.39, 0.29) is 36.1 Å². The van der Waals surface area contributed by atoms with Crippen molar-refractivity contribution in [2.24, 2.45) is 5.92 Å². The second-order valence-corrected chi connectivity index (χ2v) is 8.63. The molecule has 1 saturated heterocycles. The van der Waals surface area contributed by atoms with Crippen LogP contribution in [-0.4, -0.2) is 69.7 Å². The third-order valence-corrected chi connectivity index (χ3v) is 5.97. The highest BCUT2D eigenvalue weighted by Crippen LogP contribution is 2.35. The van der Waals surface area contributed by atoms with Crippen LogP contribution < -0.4 is 10.1 Å². The second kappa shape index (κ2) is 9.93. The Balaban J connectivity index is 1.48. The van der Waals surface area contributed by atoms with Gasteiger partial charge in [0.1, 0.15) is 17.6 Å². The van der Waals surface area contributed by atoms with Crippen molar-refractivity contribution in [1.29, 1.82) is 5.26 Å². The standard InChI is InChI=1S/C24H24F2N4O5/c25-24(26)13-30(23(34)18(32)12-31)8-6-20(24)35-19-4-3-15(9-17(19)11-27)16-5-7-28-21(10-16)29-22(33)14-1-2-14/h3-5,7,9-10,14,18,20,31-32H,1-2,6,8,12-13H2,(H,28,29,33)/t18-,20-/m0/s1. The summed E-state index contributed by atoms with van der Waals surface area (Å²) in [6.07, 6.45) is -0.317. The van der Waals surface area contributed by atoms with Crippen LogP contribution in [0.15, 0.2) is 36.5 Å². The number of anilines is 1. The number of nitrogens with zero attached hydrogens (tertiary/aromatic N) is 3. The maximum Gasteiger partial charge on any atom is 0.301 e. The molecule has 11 heteroatoms. The van der Waals surface area contributed by atoms with Gasteiger partial charge in [0.2, 0.25) is 5.91 Å². The number of aliphatic hydroxyl groups is 2. The Kier molecular flexibility index (Phi) is 6.95. The average Bonchev–Trinajstić information content (AvgIpc) is 3.70. The Morgan fingerprint density at radius 3 is 2.66 bits per heavy atom. The van der Waals surface area contributed by atoms with E-state index < -0.39 is 37.2 Å². The van der Waals surface area contributed by atoms with E-state index in [0.717, 1.165) is 17.7 Å². The summed E-state index contributed by atoms with van der Waals surface area (Å²) in [5.74, 6) is -4.12. The Morgan fingerprint density at radius 2 is 2.00 bits per heavy atom. The Morgan fingerprint density at radius 1 is 1.26 bits per heavy atom. The number of benzene rings is 1. The molecular formula is C24H24F2N4O5. The van der Waals surface area contributed by atoms with Crippen molar-refractivity contribution < 1.29 is 33.3 Å². The Hall–Kier alpha value is -3.62. The second-order valence-electron chi connectivity index (χ2n) is 8.63. The molecule has 1 aromatic heterocycles. The fraction of sp³-hybridized carbons (Fsp3) is 0.417. The third-order valence-electron chi connectivity index (χ3n) is 5.97. The first-order valence-electron chi connectivity index (χ1n) is 11.2.